The van der Waals surface area contributed by atoms with Gasteiger partial charge < -0.3 is 5.11 Å². The van der Waals surface area contributed by atoms with Crippen LogP contribution >= 0.6 is 23.1 Å². The molecule has 0 aliphatic heterocycles. The van der Waals surface area contributed by atoms with Crippen molar-refractivity contribution in [2.24, 2.45) is 5.92 Å². The van der Waals surface area contributed by atoms with Gasteiger partial charge in [-0.3, -0.25) is 0 Å². The van der Waals surface area contributed by atoms with Gasteiger partial charge >= 0.3 is 5.97 Å². The molecule has 0 amide bonds. The Hall–Kier alpha value is -2.04. The Morgan fingerprint density at radius 2 is 1.65 bits per heavy atom. The molecule has 3 rings (SSSR count). The van der Waals surface area contributed by atoms with Crippen LogP contribution in [0, 0.1) is 19.8 Å². The number of thiophene rings is 1. The third-order valence-corrected chi connectivity index (χ3v) is 7.90. The largest absolute Gasteiger partial charge is 0.477 e. The highest BCUT2D eigenvalue weighted by molar-refractivity contribution is 7.99. The third-order valence-electron chi connectivity index (χ3n) is 5.50. The van der Waals surface area contributed by atoms with Gasteiger partial charge in [0, 0.05) is 15.5 Å². The minimum atomic E-state index is -0.836. The van der Waals surface area contributed by atoms with E-state index >= 15 is 0 Å². The second kappa shape index (κ2) is 9.62. The van der Waals surface area contributed by atoms with Gasteiger partial charge in [0.1, 0.15) is 4.88 Å². The van der Waals surface area contributed by atoms with E-state index in [0.717, 1.165) is 17.1 Å². The zero-order valence-corrected chi connectivity index (χ0v) is 20.9. The van der Waals surface area contributed by atoms with E-state index in [1.54, 1.807) is 6.07 Å². The first-order chi connectivity index (χ1) is 14.5. The maximum atomic E-state index is 11.1. The zero-order chi connectivity index (χ0) is 22.8. The van der Waals surface area contributed by atoms with Crippen LogP contribution in [0.3, 0.4) is 0 Å². The van der Waals surface area contributed by atoms with Gasteiger partial charge in [-0.15, -0.1) is 23.1 Å². The fourth-order valence-electron chi connectivity index (χ4n) is 3.84. The van der Waals surface area contributed by atoms with E-state index in [1.807, 2.05) is 17.8 Å². The highest BCUT2D eigenvalue weighted by Gasteiger charge is 2.15. The van der Waals surface area contributed by atoms with Crippen molar-refractivity contribution >= 4 is 29.1 Å². The molecule has 0 saturated carbocycles. The van der Waals surface area contributed by atoms with Crippen LogP contribution in [0.1, 0.15) is 58.9 Å². The molecule has 0 bridgehead atoms. The summed E-state index contributed by atoms with van der Waals surface area (Å²) in [4.78, 5) is 13.9. The van der Waals surface area contributed by atoms with Gasteiger partial charge in [0.05, 0.1) is 0 Å². The maximum absolute atomic E-state index is 11.1. The van der Waals surface area contributed by atoms with Crippen molar-refractivity contribution in [3.63, 3.8) is 0 Å². The van der Waals surface area contributed by atoms with Gasteiger partial charge in [-0.1, -0.05) is 52.0 Å². The molecule has 1 N–H and O–H groups in total. The lowest BCUT2D eigenvalue weighted by Crippen LogP contribution is -2.10. The van der Waals surface area contributed by atoms with Crippen LogP contribution in [-0.2, 0) is 11.8 Å². The van der Waals surface area contributed by atoms with Crippen molar-refractivity contribution in [1.29, 1.82) is 0 Å². The lowest BCUT2D eigenvalue weighted by atomic mass is 9.85. The first-order valence-electron chi connectivity index (χ1n) is 10.7. The van der Waals surface area contributed by atoms with Crippen molar-refractivity contribution in [3.05, 3.63) is 75.0 Å². The first-order valence-corrected chi connectivity index (χ1v) is 12.5. The van der Waals surface area contributed by atoms with E-state index in [9.17, 15) is 4.79 Å². The molecule has 0 saturated heterocycles. The van der Waals surface area contributed by atoms with Gasteiger partial charge in [0.2, 0.25) is 0 Å². The molecule has 4 heteroatoms. The molecular formula is C27H32O2S2. The average molecular weight is 453 g/mol. The lowest BCUT2D eigenvalue weighted by molar-refractivity contribution is 0.0702. The van der Waals surface area contributed by atoms with Crippen LogP contribution < -0.4 is 0 Å². The summed E-state index contributed by atoms with van der Waals surface area (Å²) < 4.78 is 0. The summed E-state index contributed by atoms with van der Waals surface area (Å²) in [5.74, 6) is 0.659. The molecule has 0 aliphatic rings. The molecule has 1 aromatic heterocycles. The normalized spacial score (nSPS) is 12.7. The molecule has 31 heavy (non-hydrogen) atoms. The summed E-state index contributed by atoms with van der Waals surface area (Å²) in [5.41, 5.74) is 6.75. The highest BCUT2D eigenvalue weighted by atomic mass is 32.2. The molecule has 0 aliphatic carbocycles. The van der Waals surface area contributed by atoms with E-state index < -0.39 is 5.97 Å². The molecule has 2 nitrogen and oxygen atoms in total. The Labute approximate surface area is 194 Å². The molecule has 2 aromatic carbocycles. The summed E-state index contributed by atoms with van der Waals surface area (Å²) in [6.07, 6.45) is 0.918. The molecule has 3 aromatic rings. The fourth-order valence-corrected chi connectivity index (χ4v) is 5.97. The quantitative estimate of drug-likeness (QED) is 0.369. The average Bonchev–Trinajstić information content (AvgIpc) is 3.14. The van der Waals surface area contributed by atoms with Crippen molar-refractivity contribution in [1.82, 2.24) is 0 Å². The number of carboxylic acids is 1. The van der Waals surface area contributed by atoms with Gasteiger partial charge in [-0.25, -0.2) is 4.79 Å². The number of aryl methyl sites for hydroxylation is 2. The van der Waals surface area contributed by atoms with Crippen molar-refractivity contribution < 1.29 is 9.90 Å². The van der Waals surface area contributed by atoms with Crippen LogP contribution in [0.15, 0.2) is 53.4 Å². The standard InChI is InChI=1S/C27H32O2S2/c1-17(13-22-11-12-24(31-22)26(28)29)16-30-23-14-18(2)25(19(3)15-23)20-7-9-21(10-8-20)27(4,5)6/h7-12,14-15,17H,13,16H2,1-6H3,(H,28,29). The van der Waals surface area contributed by atoms with Crippen molar-refractivity contribution in [2.45, 2.75) is 58.3 Å². The predicted molar refractivity (Wildman–Crippen MR) is 135 cm³/mol. The zero-order valence-electron chi connectivity index (χ0n) is 19.3. The van der Waals surface area contributed by atoms with E-state index in [2.05, 4.69) is 77.9 Å². The van der Waals surface area contributed by atoms with Crippen LogP contribution in [0.4, 0.5) is 0 Å². The Morgan fingerprint density at radius 1 is 1.03 bits per heavy atom. The molecular weight excluding hydrogens is 420 g/mol. The summed E-state index contributed by atoms with van der Waals surface area (Å²) >= 11 is 3.28. The Bertz CT molecular complexity index is 1030. The topological polar surface area (TPSA) is 37.3 Å². The monoisotopic (exact) mass is 452 g/mol. The van der Waals surface area contributed by atoms with Crippen LogP contribution in [-0.4, -0.2) is 16.8 Å². The molecule has 1 atom stereocenters. The van der Waals surface area contributed by atoms with Gasteiger partial charge in [-0.2, -0.15) is 0 Å². The maximum Gasteiger partial charge on any atom is 0.345 e. The third kappa shape index (κ3) is 6.02. The number of carbonyl (C=O) groups is 1. The number of benzene rings is 2. The molecule has 0 radical (unpaired) electrons. The number of hydrogen-bond donors (Lipinski definition) is 1. The van der Waals surface area contributed by atoms with Gasteiger partial charge in [0.25, 0.3) is 0 Å². The summed E-state index contributed by atoms with van der Waals surface area (Å²) in [7, 11) is 0. The van der Waals surface area contributed by atoms with E-state index in [1.165, 1.54) is 44.0 Å². The first kappa shape index (κ1) is 23.6. The van der Waals surface area contributed by atoms with Crippen molar-refractivity contribution in [3.8, 4) is 11.1 Å². The molecule has 164 valence electrons. The SMILES string of the molecule is Cc1cc(SCC(C)Cc2ccc(C(=O)O)s2)cc(C)c1-c1ccc(C(C)(C)C)cc1. The Balaban J connectivity index is 1.67. The van der Waals surface area contributed by atoms with Crippen molar-refractivity contribution in [2.75, 3.05) is 5.75 Å². The lowest BCUT2D eigenvalue weighted by Gasteiger charge is -2.20. The van der Waals surface area contributed by atoms with Crippen LogP contribution in [0.2, 0.25) is 0 Å². The molecule has 0 spiro atoms. The molecule has 1 unspecified atom stereocenters. The smallest absolute Gasteiger partial charge is 0.345 e. The highest BCUT2D eigenvalue weighted by Crippen LogP contribution is 2.34. The van der Waals surface area contributed by atoms with Gasteiger partial charge in [0.15, 0.2) is 0 Å². The van der Waals surface area contributed by atoms with E-state index in [-0.39, 0.29) is 5.41 Å². The molecule has 1 heterocycles. The summed E-state index contributed by atoms with van der Waals surface area (Å²) in [5, 5.41) is 9.10. The second-order valence-corrected chi connectivity index (χ2v) is 11.7. The Kier molecular flexibility index (Phi) is 7.33. The minimum Gasteiger partial charge on any atom is -0.477 e. The summed E-state index contributed by atoms with van der Waals surface area (Å²) in [6.45, 7) is 13.4. The Morgan fingerprint density at radius 3 is 2.16 bits per heavy atom. The summed E-state index contributed by atoms with van der Waals surface area (Å²) in [6, 6.07) is 17.2. The number of rotatable bonds is 7. The minimum absolute atomic E-state index is 0.165. The van der Waals surface area contributed by atoms with Crippen LogP contribution in [0.25, 0.3) is 11.1 Å². The number of aromatic carboxylic acids is 1. The van der Waals surface area contributed by atoms with Gasteiger partial charge in [-0.05, 0) is 83.7 Å². The number of carboxylic acid groups (broad SMARTS) is 1. The van der Waals surface area contributed by atoms with E-state index in [0.29, 0.717) is 10.8 Å². The van der Waals surface area contributed by atoms with Crippen LogP contribution in [0.5, 0.6) is 0 Å². The predicted octanol–water partition coefficient (Wildman–Crippen LogP) is 8.00. The second-order valence-electron chi connectivity index (χ2n) is 9.45. The van der Waals surface area contributed by atoms with E-state index in [4.69, 9.17) is 5.11 Å². The number of thioether (sulfide) groups is 1. The number of hydrogen-bond acceptors (Lipinski definition) is 3. The fraction of sp³-hybridized carbons (Fsp3) is 0.370. The molecule has 0 fully saturated rings.